The molecule has 0 fully saturated rings. The van der Waals surface area contributed by atoms with Crippen molar-refractivity contribution in [3.8, 4) is 5.75 Å². The normalized spacial score (nSPS) is 11.4. The smallest absolute Gasteiger partial charge is 0.216 e. The Kier molecular flexibility index (Phi) is 4.85. The van der Waals surface area contributed by atoms with Crippen LogP contribution in [0.2, 0.25) is 0 Å². The molecule has 0 bridgehead atoms. The number of benzene rings is 1. The largest absolute Gasteiger partial charge is 0.485 e. The molecule has 2 aromatic heterocycles. The first-order valence-corrected chi connectivity index (χ1v) is 8.42. The first kappa shape index (κ1) is 17.2. The molecule has 0 spiro atoms. The molecule has 0 saturated heterocycles. The lowest BCUT2D eigenvalue weighted by molar-refractivity contribution is 0.287. The van der Waals surface area contributed by atoms with Gasteiger partial charge in [-0.15, -0.1) is 0 Å². The van der Waals surface area contributed by atoms with Crippen LogP contribution in [0.5, 0.6) is 5.75 Å². The van der Waals surface area contributed by atoms with E-state index in [4.69, 9.17) is 17.0 Å². The second-order valence-corrected chi connectivity index (χ2v) is 6.43. The quantitative estimate of drug-likeness (QED) is 0.537. The van der Waals surface area contributed by atoms with Crippen LogP contribution in [0.25, 0.3) is 0 Å². The molecule has 0 aliphatic rings. The molecule has 1 aromatic carbocycles. The van der Waals surface area contributed by atoms with E-state index in [9.17, 15) is 0 Å². The third-order valence-corrected chi connectivity index (χ3v) is 4.24. The number of nitrogens with one attached hydrogen (secondary N) is 2. The fourth-order valence-electron chi connectivity index (χ4n) is 2.70. The summed E-state index contributed by atoms with van der Waals surface area (Å²) in [6.07, 6.45) is 1.77. The maximum absolute atomic E-state index is 5.96. The van der Waals surface area contributed by atoms with Crippen molar-refractivity contribution in [2.75, 3.05) is 0 Å². The van der Waals surface area contributed by atoms with Gasteiger partial charge in [0, 0.05) is 17.0 Å². The molecule has 7 heteroatoms. The summed E-state index contributed by atoms with van der Waals surface area (Å²) in [6.45, 7) is 8.34. The minimum Gasteiger partial charge on any atom is -0.485 e. The van der Waals surface area contributed by atoms with Crippen LogP contribution in [0, 0.1) is 32.5 Å². The Balaban J connectivity index is 1.82. The van der Waals surface area contributed by atoms with Crippen LogP contribution >= 0.6 is 12.2 Å². The van der Waals surface area contributed by atoms with E-state index in [1.807, 2.05) is 52.0 Å². The molecule has 0 radical (unpaired) electrons. The molecule has 2 heterocycles. The van der Waals surface area contributed by atoms with Gasteiger partial charge in [0.2, 0.25) is 4.77 Å². The highest BCUT2D eigenvalue weighted by molar-refractivity contribution is 7.71. The fraction of sp³-hybridized carbons (Fsp3) is 0.278. The first-order valence-electron chi connectivity index (χ1n) is 8.01. The van der Waals surface area contributed by atoms with Crippen molar-refractivity contribution in [3.63, 3.8) is 0 Å². The maximum Gasteiger partial charge on any atom is 0.216 e. The van der Waals surface area contributed by atoms with Crippen LogP contribution < -0.4 is 4.74 Å². The van der Waals surface area contributed by atoms with Gasteiger partial charge in [0.05, 0.1) is 6.21 Å². The summed E-state index contributed by atoms with van der Waals surface area (Å²) in [6, 6.07) is 8.09. The Bertz CT molecular complexity index is 960. The van der Waals surface area contributed by atoms with Crippen LogP contribution in [-0.4, -0.2) is 26.1 Å². The average molecular weight is 355 g/mol. The maximum atomic E-state index is 5.96. The van der Waals surface area contributed by atoms with Crippen molar-refractivity contribution in [1.82, 2.24) is 19.9 Å². The minimum atomic E-state index is 0.279. The van der Waals surface area contributed by atoms with E-state index in [1.165, 1.54) is 0 Å². The zero-order chi connectivity index (χ0) is 18.0. The van der Waals surface area contributed by atoms with Crippen molar-refractivity contribution >= 4 is 18.4 Å². The highest BCUT2D eigenvalue weighted by Crippen LogP contribution is 2.23. The van der Waals surface area contributed by atoms with Gasteiger partial charge < -0.3 is 9.72 Å². The van der Waals surface area contributed by atoms with Gasteiger partial charge in [-0.2, -0.15) is 14.9 Å². The second-order valence-electron chi connectivity index (χ2n) is 6.04. The van der Waals surface area contributed by atoms with Crippen molar-refractivity contribution < 1.29 is 4.74 Å². The van der Waals surface area contributed by atoms with Gasteiger partial charge in [-0.05, 0) is 57.1 Å². The number of rotatable bonds is 5. The van der Waals surface area contributed by atoms with Crippen LogP contribution in [0.4, 0.5) is 0 Å². The van der Waals surface area contributed by atoms with E-state index in [1.54, 1.807) is 10.9 Å². The minimum absolute atomic E-state index is 0.279. The summed E-state index contributed by atoms with van der Waals surface area (Å²) in [5.74, 6) is 1.48. The fourth-order valence-corrected chi connectivity index (χ4v) is 2.90. The summed E-state index contributed by atoms with van der Waals surface area (Å²) >= 11 is 5.28. The molecule has 0 aliphatic carbocycles. The van der Waals surface area contributed by atoms with Crippen LogP contribution in [-0.2, 0) is 6.61 Å². The molecular formula is C18H21N5OS. The summed E-state index contributed by atoms with van der Waals surface area (Å²) < 4.78 is 7.98. The lowest BCUT2D eigenvalue weighted by Crippen LogP contribution is -2.05. The highest BCUT2D eigenvalue weighted by atomic mass is 32.1. The van der Waals surface area contributed by atoms with Crippen molar-refractivity contribution in [3.05, 3.63) is 62.9 Å². The van der Waals surface area contributed by atoms with Crippen LogP contribution in [0.3, 0.4) is 0 Å². The molecule has 2 N–H and O–H groups in total. The van der Waals surface area contributed by atoms with Gasteiger partial charge in [0.1, 0.15) is 12.4 Å². The van der Waals surface area contributed by atoms with Gasteiger partial charge in [-0.25, -0.2) is 5.10 Å². The number of aromatic nitrogens is 4. The molecule has 0 amide bonds. The molecule has 3 aromatic rings. The number of para-hydroxylation sites is 1. The Labute approximate surface area is 151 Å². The number of ether oxygens (including phenoxy) is 1. The van der Waals surface area contributed by atoms with E-state index < -0.39 is 0 Å². The zero-order valence-corrected chi connectivity index (χ0v) is 15.6. The predicted molar refractivity (Wildman–Crippen MR) is 101 cm³/mol. The number of nitrogens with zero attached hydrogens (tertiary/aromatic N) is 3. The summed E-state index contributed by atoms with van der Waals surface area (Å²) in [5.41, 5.74) is 5.34. The monoisotopic (exact) mass is 355 g/mol. The van der Waals surface area contributed by atoms with E-state index >= 15 is 0 Å². The number of aryl methyl sites for hydroxylation is 4. The molecule has 25 heavy (non-hydrogen) atoms. The SMILES string of the molecule is Cc1cc(/C=N/n2c(COc3c(C)cccc3C)n[nH]c2=S)c(C)[nH]1. The Morgan fingerprint density at radius 1 is 1.24 bits per heavy atom. The van der Waals surface area contributed by atoms with Crippen LogP contribution in [0.15, 0.2) is 29.4 Å². The Hall–Kier alpha value is -2.67. The van der Waals surface area contributed by atoms with Gasteiger partial charge in [-0.3, -0.25) is 0 Å². The van der Waals surface area contributed by atoms with Gasteiger partial charge in [0.15, 0.2) is 5.82 Å². The standard InChI is InChI=1S/C18H21N5OS/c1-11-6-5-7-12(2)17(11)24-10-16-21-22-18(25)23(16)19-9-15-8-13(3)20-14(15)4/h5-9,20H,10H2,1-4H3,(H,22,25)/b19-9+. The van der Waals surface area contributed by atoms with E-state index in [-0.39, 0.29) is 6.61 Å². The molecule has 0 aliphatic heterocycles. The van der Waals surface area contributed by atoms with E-state index in [0.29, 0.717) is 10.6 Å². The summed E-state index contributed by atoms with van der Waals surface area (Å²) in [7, 11) is 0. The van der Waals surface area contributed by atoms with Gasteiger partial charge in [-0.1, -0.05) is 18.2 Å². The van der Waals surface area contributed by atoms with Crippen molar-refractivity contribution in [1.29, 1.82) is 0 Å². The number of aromatic amines is 2. The van der Waals surface area contributed by atoms with E-state index in [0.717, 1.165) is 33.8 Å². The molecule has 0 atom stereocenters. The topological polar surface area (TPSA) is 71.0 Å². The first-order chi connectivity index (χ1) is 12.0. The third kappa shape index (κ3) is 3.71. The van der Waals surface area contributed by atoms with E-state index in [2.05, 4.69) is 20.3 Å². The summed E-state index contributed by atoms with van der Waals surface area (Å²) in [5, 5.41) is 11.5. The van der Waals surface area contributed by atoms with Crippen molar-refractivity contribution in [2.45, 2.75) is 34.3 Å². The summed E-state index contributed by atoms with van der Waals surface area (Å²) in [4.78, 5) is 3.25. The zero-order valence-electron chi connectivity index (χ0n) is 14.8. The lowest BCUT2D eigenvalue weighted by Gasteiger charge is -2.11. The molecule has 0 unspecified atom stereocenters. The van der Waals surface area contributed by atoms with Gasteiger partial charge >= 0.3 is 0 Å². The molecule has 3 rings (SSSR count). The van der Waals surface area contributed by atoms with Crippen molar-refractivity contribution in [2.24, 2.45) is 5.10 Å². The molecule has 0 saturated carbocycles. The molecule has 130 valence electrons. The van der Waals surface area contributed by atoms with Gasteiger partial charge in [0.25, 0.3) is 0 Å². The number of H-pyrrole nitrogens is 2. The highest BCUT2D eigenvalue weighted by Gasteiger charge is 2.09. The predicted octanol–water partition coefficient (Wildman–Crippen LogP) is 3.96. The lowest BCUT2D eigenvalue weighted by atomic mass is 10.1. The number of hydrogen-bond donors (Lipinski definition) is 2. The van der Waals surface area contributed by atoms with Crippen LogP contribution in [0.1, 0.15) is 33.9 Å². The Morgan fingerprint density at radius 2 is 1.96 bits per heavy atom. The molecular weight excluding hydrogens is 334 g/mol. The second kappa shape index (κ2) is 7.06. The average Bonchev–Trinajstić information content (AvgIpc) is 3.06. The third-order valence-electron chi connectivity index (χ3n) is 3.97. The number of hydrogen-bond acceptors (Lipinski definition) is 4. The Morgan fingerprint density at radius 3 is 2.60 bits per heavy atom. The molecule has 6 nitrogen and oxygen atoms in total.